The van der Waals surface area contributed by atoms with Crippen LogP contribution in [-0.4, -0.2) is 23.9 Å². The molecule has 10 heteroatoms. The lowest BCUT2D eigenvalue weighted by molar-refractivity contribution is -0.386. The molecule has 0 saturated carbocycles. The smallest absolute Gasteiger partial charge is 0.372 e. The first-order chi connectivity index (χ1) is 11.5. The minimum absolute atomic E-state index is 0.146. The molecule has 0 unspecified atom stereocenters. The van der Waals surface area contributed by atoms with Gasteiger partial charge in [0.1, 0.15) is 5.69 Å². The molecule has 2 rings (SSSR count). The van der Waals surface area contributed by atoms with Crippen LogP contribution in [0.4, 0.5) is 30.2 Å². The summed E-state index contributed by atoms with van der Waals surface area (Å²) in [6.07, 6.45) is -4.77. The van der Waals surface area contributed by atoms with E-state index in [0.29, 0.717) is 12.1 Å². The quantitative estimate of drug-likeness (QED) is 0.610. The van der Waals surface area contributed by atoms with E-state index in [0.717, 1.165) is 6.07 Å². The maximum Gasteiger partial charge on any atom is 0.416 e. The van der Waals surface area contributed by atoms with E-state index < -0.39 is 33.0 Å². The summed E-state index contributed by atoms with van der Waals surface area (Å²) in [5.41, 5.74) is -2.99. The maximum atomic E-state index is 12.8. The molecule has 0 atom stereocenters. The second kappa shape index (κ2) is 6.38. The van der Waals surface area contributed by atoms with Crippen LogP contribution in [0.25, 0.3) is 11.1 Å². The van der Waals surface area contributed by atoms with Crippen molar-refractivity contribution in [2.75, 3.05) is 19.0 Å². The Morgan fingerprint density at radius 2 is 1.72 bits per heavy atom. The molecule has 1 radical (unpaired) electrons. The summed E-state index contributed by atoms with van der Waals surface area (Å²) in [7, 11) is 3.07. The predicted molar refractivity (Wildman–Crippen MR) is 83.4 cm³/mol. The van der Waals surface area contributed by atoms with Crippen LogP contribution in [0, 0.1) is 26.3 Å². The third-order valence-corrected chi connectivity index (χ3v) is 3.40. The van der Waals surface area contributed by atoms with Gasteiger partial charge in [-0.3, -0.25) is 20.2 Å². The lowest BCUT2D eigenvalue weighted by Gasteiger charge is -2.15. The monoisotopic (exact) mass is 354 g/mol. The zero-order valence-corrected chi connectivity index (χ0v) is 13.0. The van der Waals surface area contributed by atoms with E-state index >= 15 is 0 Å². The fourth-order valence-electron chi connectivity index (χ4n) is 2.30. The zero-order valence-electron chi connectivity index (χ0n) is 13.0. The Morgan fingerprint density at radius 3 is 2.20 bits per heavy atom. The number of nitro groups is 2. The van der Waals surface area contributed by atoms with Crippen LogP contribution in [0.1, 0.15) is 5.56 Å². The molecular weight excluding hydrogens is 343 g/mol. The van der Waals surface area contributed by atoms with Gasteiger partial charge in [0.2, 0.25) is 0 Å². The van der Waals surface area contributed by atoms with E-state index in [1.165, 1.54) is 31.1 Å². The average molecular weight is 354 g/mol. The first kappa shape index (κ1) is 18.2. The highest BCUT2D eigenvalue weighted by atomic mass is 19.4. The van der Waals surface area contributed by atoms with Crippen LogP contribution in [0.5, 0.6) is 0 Å². The van der Waals surface area contributed by atoms with Crippen molar-refractivity contribution in [3.63, 3.8) is 0 Å². The number of benzene rings is 2. The third kappa shape index (κ3) is 3.52. The van der Waals surface area contributed by atoms with Crippen molar-refractivity contribution >= 4 is 17.1 Å². The highest BCUT2D eigenvalue weighted by Gasteiger charge is 2.34. The standard InChI is InChI=1S/C15H11F3N3O4/c1-19(2)12-5-3-4-11(14(12)21(24)25)10-7-6-9(15(16,17)18)8-13(10)20(22)23/h3,5-8H,1-2H3. The van der Waals surface area contributed by atoms with Crippen LogP contribution >= 0.6 is 0 Å². The van der Waals surface area contributed by atoms with E-state index in [4.69, 9.17) is 0 Å². The molecule has 2 aromatic rings. The van der Waals surface area contributed by atoms with Gasteiger partial charge in [0, 0.05) is 20.2 Å². The first-order valence-electron chi connectivity index (χ1n) is 6.76. The van der Waals surface area contributed by atoms with Crippen LogP contribution in [-0.2, 0) is 6.18 Å². The molecule has 25 heavy (non-hydrogen) atoms. The minimum Gasteiger partial charge on any atom is -0.372 e. The molecule has 0 fully saturated rings. The van der Waals surface area contributed by atoms with Gasteiger partial charge in [0.15, 0.2) is 0 Å². The predicted octanol–water partition coefficient (Wildman–Crippen LogP) is 4.05. The van der Waals surface area contributed by atoms with Gasteiger partial charge in [-0.25, -0.2) is 0 Å². The largest absolute Gasteiger partial charge is 0.416 e. The number of hydrogen-bond donors (Lipinski definition) is 0. The Bertz CT molecular complexity index is 850. The molecule has 0 spiro atoms. The molecule has 0 aliphatic carbocycles. The fraction of sp³-hybridized carbons (Fsp3) is 0.200. The van der Waals surface area contributed by atoms with Crippen molar-refractivity contribution in [3.8, 4) is 11.1 Å². The summed E-state index contributed by atoms with van der Waals surface area (Å²) in [6, 6.07) is 7.08. The summed E-state index contributed by atoms with van der Waals surface area (Å²) < 4.78 is 38.4. The van der Waals surface area contributed by atoms with Crippen LogP contribution in [0.2, 0.25) is 0 Å². The number of nitro benzene ring substituents is 2. The van der Waals surface area contributed by atoms with Gasteiger partial charge in [-0.2, -0.15) is 13.2 Å². The molecule has 0 aromatic heterocycles. The van der Waals surface area contributed by atoms with Gasteiger partial charge < -0.3 is 4.90 Å². The van der Waals surface area contributed by atoms with Gasteiger partial charge in [0.05, 0.1) is 26.5 Å². The Hall–Kier alpha value is -3.17. The minimum atomic E-state index is -4.77. The van der Waals surface area contributed by atoms with Gasteiger partial charge in [-0.1, -0.05) is 6.07 Å². The highest BCUT2D eigenvalue weighted by molar-refractivity contribution is 5.86. The molecule has 0 N–H and O–H groups in total. The Morgan fingerprint density at radius 1 is 1.08 bits per heavy atom. The molecule has 0 saturated heterocycles. The van der Waals surface area contributed by atoms with E-state index in [1.54, 1.807) is 0 Å². The fourth-order valence-corrected chi connectivity index (χ4v) is 2.30. The molecule has 2 aromatic carbocycles. The van der Waals surface area contributed by atoms with Gasteiger partial charge >= 0.3 is 11.9 Å². The second-order valence-corrected chi connectivity index (χ2v) is 5.22. The van der Waals surface area contributed by atoms with Crippen molar-refractivity contribution in [1.29, 1.82) is 0 Å². The Balaban J connectivity index is 2.81. The van der Waals surface area contributed by atoms with Crippen molar-refractivity contribution in [2.24, 2.45) is 0 Å². The molecule has 0 aliphatic heterocycles. The number of hydrogen-bond acceptors (Lipinski definition) is 5. The van der Waals surface area contributed by atoms with E-state index in [9.17, 15) is 33.4 Å². The summed E-state index contributed by atoms with van der Waals surface area (Å²) in [5, 5.41) is 22.7. The number of alkyl halides is 3. The molecule has 0 amide bonds. The molecule has 0 aliphatic rings. The summed E-state index contributed by atoms with van der Waals surface area (Å²) in [6.45, 7) is 0. The van der Waals surface area contributed by atoms with Crippen molar-refractivity contribution in [1.82, 2.24) is 0 Å². The van der Waals surface area contributed by atoms with Crippen LogP contribution in [0.3, 0.4) is 0 Å². The lowest BCUT2D eigenvalue weighted by atomic mass is 9.98. The van der Waals surface area contributed by atoms with E-state index in [-0.39, 0.29) is 16.8 Å². The molecular formula is C15H11F3N3O4. The lowest BCUT2D eigenvalue weighted by Crippen LogP contribution is -2.12. The van der Waals surface area contributed by atoms with Crippen molar-refractivity contribution in [2.45, 2.75) is 6.18 Å². The van der Waals surface area contributed by atoms with Gasteiger partial charge in [-0.05, 0) is 24.3 Å². The van der Waals surface area contributed by atoms with E-state index in [1.807, 2.05) is 0 Å². The second-order valence-electron chi connectivity index (χ2n) is 5.22. The number of rotatable bonds is 4. The first-order valence-corrected chi connectivity index (χ1v) is 6.76. The summed E-state index contributed by atoms with van der Waals surface area (Å²) >= 11 is 0. The number of halogens is 3. The van der Waals surface area contributed by atoms with E-state index in [2.05, 4.69) is 6.07 Å². The van der Waals surface area contributed by atoms with Gasteiger partial charge in [-0.15, -0.1) is 0 Å². The SMILES string of the molecule is CN(C)c1cc[c]c(-c2ccc(C(F)(F)F)cc2[N+](=O)[O-])c1[N+](=O)[O-]. The molecule has 0 bridgehead atoms. The molecule has 131 valence electrons. The topological polar surface area (TPSA) is 89.5 Å². The maximum absolute atomic E-state index is 12.8. The molecule has 0 heterocycles. The number of anilines is 1. The highest BCUT2D eigenvalue weighted by Crippen LogP contribution is 2.42. The van der Waals surface area contributed by atoms with Crippen LogP contribution in [0.15, 0.2) is 30.3 Å². The zero-order chi connectivity index (χ0) is 18.9. The van der Waals surface area contributed by atoms with Crippen LogP contribution < -0.4 is 4.90 Å². The Kier molecular flexibility index (Phi) is 4.64. The third-order valence-electron chi connectivity index (χ3n) is 3.40. The molecule has 7 nitrogen and oxygen atoms in total. The summed E-state index contributed by atoms with van der Waals surface area (Å²) in [5.74, 6) is 0. The van der Waals surface area contributed by atoms with Crippen molar-refractivity contribution in [3.05, 3.63) is 62.2 Å². The Labute approximate surface area is 139 Å². The number of nitrogens with zero attached hydrogens (tertiary/aromatic N) is 3. The average Bonchev–Trinajstić information content (AvgIpc) is 2.52. The van der Waals surface area contributed by atoms with Crippen molar-refractivity contribution < 1.29 is 23.0 Å². The van der Waals surface area contributed by atoms with Gasteiger partial charge in [0.25, 0.3) is 5.69 Å². The normalized spacial score (nSPS) is 11.2. The summed E-state index contributed by atoms with van der Waals surface area (Å²) in [4.78, 5) is 22.3.